The van der Waals surface area contributed by atoms with Crippen molar-refractivity contribution in [3.05, 3.63) is 20.8 Å². The standard InChI is InChI=1S/C16H25BrN4OS/c1-3-19-16(20-10-14-9-13(17)11-23-14)21-6-4-12(5-7-21)8-15(22)18-2/h9,11-12H,3-8,10H2,1-2H3,(H,18,22)(H,19,20). The third-order valence-corrected chi connectivity index (χ3v) is 5.69. The first kappa shape index (κ1) is 18.3. The predicted molar refractivity (Wildman–Crippen MR) is 99.8 cm³/mol. The highest BCUT2D eigenvalue weighted by Gasteiger charge is 2.23. The zero-order valence-corrected chi connectivity index (χ0v) is 16.2. The molecule has 0 unspecified atom stereocenters. The number of carbonyl (C=O) groups is 1. The fourth-order valence-electron chi connectivity index (χ4n) is 2.73. The largest absolute Gasteiger partial charge is 0.359 e. The van der Waals surface area contributed by atoms with Crippen LogP contribution in [0.3, 0.4) is 0 Å². The topological polar surface area (TPSA) is 56.7 Å². The van der Waals surface area contributed by atoms with E-state index < -0.39 is 0 Å². The van der Waals surface area contributed by atoms with Crippen molar-refractivity contribution in [3.8, 4) is 0 Å². The van der Waals surface area contributed by atoms with Crippen LogP contribution in [0, 0.1) is 5.92 Å². The third kappa shape index (κ3) is 5.80. The van der Waals surface area contributed by atoms with Crippen molar-refractivity contribution in [2.45, 2.75) is 32.7 Å². The van der Waals surface area contributed by atoms with Crippen molar-refractivity contribution in [1.82, 2.24) is 15.5 Å². The number of nitrogens with zero attached hydrogens (tertiary/aromatic N) is 2. The molecule has 0 radical (unpaired) electrons. The molecule has 128 valence electrons. The van der Waals surface area contributed by atoms with Crippen LogP contribution in [0.4, 0.5) is 0 Å². The fraction of sp³-hybridized carbons (Fsp3) is 0.625. The molecule has 0 aliphatic carbocycles. The van der Waals surface area contributed by atoms with Gasteiger partial charge in [0.05, 0.1) is 6.54 Å². The number of amides is 1. The van der Waals surface area contributed by atoms with Gasteiger partial charge < -0.3 is 15.5 Å². The Hall–Kier alpha value is -1.08. The van der Waals surface area contributed by atoms with E-state index in [1.54, 1.807) is 18.4 Å². The smallest absolute Gasteiger partial charge is 0.220 e. The molecule has 1 amide bonds. The lowest BCUT2D eigenvalue weighted by Gasteiger charge is -2.34. The minimum atomic E-state index is 0.146. The molecule has 5 nitrogen and oxygen atoms in total. The molecule has 2 rings (SSSR count). The Morgan fingerprint density at radius 3 is 2.78 bits per heavy atom. The molecule has 1 aliphatic heterocycles. The number of aliphatic imine (C=N–C) groups is 1. The first-order valence-corrected chi connectivity index (χ1v) is 9.76. The number of rotatable bonds is 5. The predicted octanol–water partition coefficient (Wildman–Crippen LogP) is 2.82. The minimum absolute atomic E-state index is 0.146. The van der Waals surface area contributed by atoms with Crippen LogP contribution >= 0.6 is 27.3 Å². The van der Waals surface area contributed by atoms with Crippen LogP contribution in [0.2, 0.25) is 0 Å². The van der Waals surface area contributed by atoms with Crippen molar-refractivity contribution < 1.29 is 4.79 Å². The fourth-order valence-corrected chi connectivity index (χ4v) is 4.10. The van der Waals surface area contributed by atoms with Gasteiger partial charge in [-0.05, 0) is 47.7 Å². The van der Waals surface area contributed by atoms with Crippen molar-refractivity contribution in [3.63, 3.8) is 0 Å². The lowest BCUT2D eigenvalue weighted by molar-refractivity contribution is -0.121. The molecule has 23 heavy (non-hydrogen) atoms. The van der Waals surface area contributed by atoms with Crippen LogP contribution in [0.1, 0.15) is 31.1 Å². The van der Waals surface area contributed by atoms with E-state index in [4.69, 9.17) is 4.99 Å². The van der Waals surface area contributed by atoms with Gasteiger partial charge in [0.15, 0.2) is 5.96 Å². The molecule has 2 heterocycles. The average molecular weight is 401 g/mol. The molecule has 0 atom stereocenters. The van der Waals surface area contributed by atoms with Gasteiger partial charge in [0.1, 0.15) is 0 Å². The molecule has 1 aliphatic rings. The van der Waals surface area contributed by atoms with Crippen LogP contribution in [-0.4, -0.2) is 43.4 Å². The second-order valence-electron chi connectivity index (χ2n) is 5.71. The van der Waals surface area contributed by atoms with Crippen molar-refractivity contribution in [1.29, 1.82) is 0 Å². The van der Waals surface area contributed by atoms with Gasteiger partial charge in [-0.2, -0.15) is 0 Å². The number of thiophene rings is 1. The van der Waals surface area contributed by atoms with E-state index in [0.29, 0.717) is 18.9 Å². The zero-order valence-electron chi connectivity index (χ0n) is 13.8. The Morgan fingerprint density at radius 2 is 2.22 bits per heavy atom. The second kappa shape index (κ2) is 9.27. The maximum absolute atomic E-state index is 11.5. The molecule has 1 saturated heterocycles. The summed E-state index contributed by atoms with van der Waals surface area (Å²) in [5, 5.41) is 8.19. The van der Waals surface area contributed by atoms with E-state index in [9.17, 15) is 4.79 Å². The first-order valence-electron chi connectivity index (χ1n) is 8.09. The van der Waals surface area contributed by atoms with E-state index in [0.717, 1.165) is 42.9 Å². The average Bonchev–Trinajstić information content (AvgIpc) is 2.97. The number of likely N-dealkylation sites (tertiary alicyclic amines) is 1. The molecule has 0 bridgehead atoms. The Kier molecular flexibility index (Phi) is 7.36. The number of halogens is 1. The van der Waals surface area contributed by atoms with E-state index >= 15 is 0 Å². The van der Waals surface area contributed by atoms with Gasteiger partial charge in [-0.15, -0.1) is 11.3 Å². The van der Waals surface area contributed by atoms with Gasteiger partial charge in [-0.3, -0.25) is 4.79 Å². The van der Waals surface area contributed by atoms with E-state index in [2.05, 4.69) is 49.8 Å². The van der Waals surface area contributed by atoms with Gasteiger partial charge in [-0.1, -0.05) is 0 Å². The summed E-state index contributed by atoms with van der Waals surface area (Å²) < 4.78 is 1.12. The molecule has 0 aromatic carbocycles. The summed E-state index contributed by atoms with van der Waals surface area (Å²) >= 11 is 5.20. The van der Waals surface area contributed by atoms with E-state index in [1.165, 1.54) is 4.88 Å². The number of guanidine groups is 1. The lowest BCUT2D eigenvalue weighted by Crippen LogP contribution is -2.46. The van der Waals surface area contributed by atoms with Gasteiger partial charge in [-0.25, -0.2) is 4.99 Å². The maximum Gasteiger partial charge on any atom is 0.220 e. The van der Waals surface area contributed by atoms with Crippen LogP contribution in [0.5, 0.6) is 0 Å². The van der Waals surface area contributed by atoms with Crippen molar-refractivity contribution in [2.24, 2.45) is 10.9 Å². The molecular weight excluding hydrogens is 376 g/mol. The molecule has 2 N–H and O–H groups in total. The number of hydrogen-bond acceptors (Lipinski definition) is 3. The number of nitrogens with one attached hydrogen (secondary N) is 2. The summed E-state index contributed by atoms with van der Waals surface area (Å²) in [5.74, 6) is 1.62. The summed E-state index contributed by atoms with van der Waals surface area (Å²) in [7, 11) is 1.70. The quantitative estimate of drug-likeness (QED) is 0.589. The minimum Gasteiger partial charge on any atom is -0.359 e. The van der Waals surface area contributed by atoms with Crippen LogP contribution in [-0.2, 0) is 11.3 Å². The highest BCUT2D eigenvalue weighted by molar-refractivity contribution is 9.10. The normalized spacial score (nSPS) is 16.5. The van der Waals surface area contributed by atoms with Crippen molar-refractivity contribution >= 4 is 39.1 Å². The SMILES string of the molecule is CCNC(=NCc1cc(Br)cs1)N1CCC(CC(=O)NC)CC1. The molecule has 0 saturated carbocycles. The Bertz CT molecular complexity index is 538. The molecular formula is C16H25BrN4OS. The van der Waals surface area contributed by atoms with Crippen LogP contribution in [0.15, 0.2) is 20.9 Å². The number of carbonyl (C=O) groups excluding carboxylic acids is 1. The first-order chi connectivity index (χ1) is 11.1. The monoisotopic (exact) mass is 400 g/mol. The maximum atomic E-state index is 11.5. The number of piperidine rings is 1. The molecule has 1 fully saturated rings. The Balaban J connectivity index is 1.90. The Morgan fingerprint density at radius 1 is 1.48 bits per heavy atom. The molecule has 0 spiro atoms. The number of hydrogen-bond donors (Lipinski definition) is 2. The summed E-state index contributed by atoms with van der Waals surface area (Å²) in [6, 6.07) is 2.12. The summed E-state index contributed by atoms with van der Waals surface area (Å²) in [6.07, 6.45) is 2.73. The van der Waals surface area contributed by atoms with Crippen LogP contribution < -0.4 is 10.6 Å². The van der Waals surface area contributed by atoms with Gasteiger partial charge in [0.2, 0.25) is 5.91 Å². The van der Waals surface area contributed by atoms with Gasteiger partial charge in [0.25, 0.3) is 0 Å². The highest BCUT2D eigenvalue weighted by Crippen LogP contribution is 2.22. The van der Waals surface area contributed by atoms with Crippen molar-refractivity contribution in [2.75, 3.05) is 26.7 Å². The van der Waals surface area contributed by atoms with Crippen LogP contribution in [0.25, 0.3) is 0 Å². The van der Waals surface area contributed by atoms with E-state index in [-0.39, 0.29) is 5.91 Å². The van der Waals surface area contributed by atoms with E-state index in [1.807, 2.05) is 0 Å². The molecule has 1 aromatic heterocycles. The summed E-state index contributed by atoms with van der Waals surface area (Å²) in [5.41, 5.74) is 0. The Labute approximate surface area is 150 Å². The summed E-state index contributed by atoms with van der Waals surface area (Å²) in [6.45, 7) is 5.58. The molecule has 1 aromatic rings. The lowest BCUT2D eigenvalue weighted by atomic mass is 9.93. The van der Waals surface area contributed by atoms with Gasteiger partial charge >= 0.3 is 0 Å². The summed E-state index contributed by atoms with van der Waals surface area (Å²) in [4.78, 5) is 19.8. The van der Waals surface area contributed by atoms with Gasteiger partial charge in [0, 0.05) is 47.8 Å². The second-order valence-corrected chi connectivity index (χ2v) is 7.62. The third-order valence-electron chi connectivity index (χ3n) is 4.01. The highest BCUT2D eigenvalue weighted by atomic mass is 79.9. The molecule has 7 heteroatoms. The zero-order chi connectivity index (χ0) is 16.7.